The lowest BCUT2D eigenvalue weighted by Gasteiger charge is -2.31. The molecule has 0 heterocycles. The molecule has 3 aromatic rings. The second-order valence-electron chi connectivity index (χ2n) is 8.73. The van der Waals surface area contributed by atoms with Crippen molar-refractivity contribution < 1.29 is 31.8 Å². The van der Waals surface area contributed by atoms with Crippen LogP contribution in [0, 0.1) is 0 Å². The van der Waals surface area contributed by atoms with Crippen LogP contribution < -0.4 is 10.6 Å². The van der Waals surface area contributed by atoms with Crippen LogP contribution in [0.4, 0.5) is 0 Å². The highest BCUT2D eigenvalue weighted by molar-refractivity contribution is 7.79. The molecule has 0 fully saturated rings. The molecule has 40 heavy (non-hydrogen) atoms. The van der Waals surface area contributed by atoms with Crippen molar-refractivity contribution in [2.24, 2.45) is 0 Å². The SMILES string of the molecule is CCOP(=O)(OCC)C(/C=C/C(c1ccccc1)P(=O)(c1ccccc1)c1ccccc1)P(=O)(OCC)OCC. The summed E-state index contributed by atoms with van der Waals surface area (Å²) in [4.78, 5) is 0. The molecule has 7 nitrogen and oxygen atoms in total. The monoisotopic (exact) mass is 604 g/mol. The Morgan fingerprint density at radius 1 is 0.550 bits per heavy atom. The van der Waals surface area contributed by atoms with Gasteiger partial charge < -0.3 is 22.7 Å². The van der Waals surface area contributed by atoms with E-state index in [2.05, 4.69) is 0 Å². The zero-order chi connectivity index (χ0) is 29.1. The van der Waals surface area contributed by atoms with E-state index in [0.717, 1.165) is 5.56 Å². The van der Waals surface area contributed by atoms with Gasteiger partial charge in [0.1, 0.15) is 0 Å². The Kier molecular flexibility index (Phi) is 12.4. The quantitative estimate of drug-likeness (QED) is 0.120. The van der Waals surface area contributed by atoms with Crippen molar-refractivity contribution in [1.82, 2.24) is 0 Å². The minimum atomic E-state index is -4.04. The van der Waals surface area contributed by atoms with E-state index in [0.29, 0.717) is 10.6 Å². The summed E-state index contributed by atoms with van der Waals surface area (Å²) in [7, 11) is -11.5. The number of benzene rings is 3. The zero-order valence-corrected chi connectivity index (χ0v) is 26.2. The predicted octanol–water partition coefficient (Wildman–Crippen LogP) is 8.16. The average molecular weight is 605 g/mol. The highest BCUT2D eigenvalue weighted by Crippen LogP contribution is 2.71. The summed E-state index contributed by atoms with van der Waals surface area (Å²) >= 11 is 0. The van der Waals surface area contributed by atoms with Gasteiger partial charge in [0.25, 0.3) is 0 Å². The average Bonchev–Trinajstić information content (AvgIpc) is 2.97. The molecule has 0 saturated carbocycles. The fourth-order valence-electron chi connectivity index (χ4n) is 4.55. The molecule has 0 aromatic heterocycles. The van der Waals surface area contributed by atoms with Crippen LogP contribution in [0.5, 0.6) is 0 Å². The van der Waals surface area contributed by atoms with Crippen molar-refractivity contribution in [2.75, 3.05) is 26.4 Å². The molecule has 0 N–H and O–H groups in total. The first kappa shape index (κ1) is 32.4. The van der Waals surface area contributed by atoms with Crippen LogP contribution in [0.2, 0.25) is 0 Å². The molecule has 0 amide bonds. The Bertz CT molecular complexity index is 1250. The summed E-state index contributed by atoms with van der Waals surface area (Å²) in [5, 5.41) is -0.0512. The Hall–Kier alpha value is -2.07. The summed E-state index contributed by atoms with van der Waals surface area (Å²) in [6.45, 7) is 7.00. The molecule has 10 heteroatoms. The molecule has 3 rings (SSSR count). The van der Waals surface area contributed by atoms with Gasteiger partial charge in [-0.2, -0.15) is 0 Å². The van der Waals surface area contributed by atoms with Crippen LogP contribution >= 0.6 is 22.3 Å². The van der Waals surface area contributed by atoms with Crippen molar-refractivity contribution in [3.05, 3.63) is 109 Å². The molecule has 0 radical (unpaired) electrons. The molecule has 0 spiro atoms. The van der Waals surface area contributed by atoms with E-state index in [9.17, 15) is 9.13 Å². The van der Waals surface area contributed by atoms with Gasteiger partial charge in [-0.1, -0.05) is 103 Å². The lowest BCUT2D eigenvalue weighted by molar-refractivity contribution is 0.200. The fraction of sp³-hybridized carbons (Fsp3) is 0.333. The predicted molar refractivity (Wildman–Crippen MR) is 164 cm³/mol. The van der Waals surface area contributed by atoms with Gasteiger partial charge >= 0.3 is 15.2 Å². The summed E-state index contributed by atoms with van der Waals surface area (Å²) in [5.74, 6) is 0. The molecular weight excluding hydrogens is 565 g/mol. The first-order valence-electron chi connectivity index (χ1n) is 13.5. The maximum Gasteiger partial charge on any atom is 0.349 e. The topological polar surface area (TPSA) is 88.1 Å². The Morgan fingerprint density at radius 3 is 1.25 bits per heavy atom. The molecule has 0 saturated heterocycles. The van der Waals surface area contributed by atoms with Crippen molar-refractivity contribution in [3.63, 3.8) is 0 Å². The molecular formula is C30H39O7P3. The number of allylic oxidation sites excluding steroid dienone is 2. The highest BCUT2D eigenvalue weighted by Gasteiger charge is 2.50. The van der Waals surface area contributed by atoms with E-state index in [1.165, 1.54) is 6.08 Å². The molecule has 0 aliphatic heterocycles. The van der Waals surface area contributed by atoms with Gasteiger partial charge in [0, 0.05) is 10.6 Å². The van der Waals surface area contributed by atoms with Crippen LogP contribution in [0.15, 0.2) is 103 Å². The van der Waals surface area contributed by atoms with Crippen LogP contribution in [0.3, 0.4) is 0 Å². The fourth-order valence-corrected chi connectivity index (χ4v) is 12.7. The third-order valence-corrected chi connectivity index (χ3v) is 15.4. The molecule has 1 unspecified atom stereocenters. The van der Waals surface area contributed by atoms with E-state index >= 15 is 4.57 Å². The van der Waals surface area contributed by atoms with Gasteiger partial charge in [0.2, 0.25) is 0 Å². The normalized spacial score (nSPS) is 13.6. The third kappa shape index (κ3) is 7.41. The Labute approximate surface area is 238 Å². The van der Waals surface area contributed by atoms with Crippen molar-refractivity contribution in [1.29, 1.82) is 0 Å². The minimum Gasteiger partial charge on any atom is -0.313 e. The van der Waals surface area contributed by atoms with Gasteiger partial charge in [-0.3, -0.25) is 9.13 Å². The molecule has 0 aliphatic rings. The first-order chi connectivity index (χ1) is 19.3. The van der Waals surface area contributed by atoms with Gasteiger partial charge in [-0.15, -0.1) is 0 Å². The number of rotatable bonds is 16. The van der Waals surface area contributed by atoms with E-state index in [1.807, 2.05) is 91.0 Å². The lowest BCUT2D eigenvalue weighted by Crippen LogP contribution is -2.21. The van der Waals surface area contributed by atoms with Gasteiger partial charge in [-0.25, -0.2) is 0 Å². The third-order valence-electron chi connectivity index (χ3n) is 6.16. The molecule has 0 bridgehead atoms. The van der Waals surface area contributed by atoms with Crippen LogP contribution in [-0.2, 0) is 31.8 Å². The van der Waals surface area contributed by atoms with Crippen molar-refractivity contribution >= 4 is 32.9 Å². The van der Waals surface area contributed by atoms with Crippen LogP contribution in [0.1, 0.15) is 38.9 Å². The summed E-state index contributed by atoms with van der Waals surface area (Å²) in [5.41, 5.74) is 0.0771. The molecule has 216 valence electrons. The standard InChI is InChI=1S/C30H39O7P3/c1-5-34-39(32,35-6-2)30(40(33,36-7-3)37-8-4)25-24-29(26-18-12-9-13-19-26)38(31,27-20-14-10-15-21-27)28-22-16-11-17-23-28/h9-25,29-30H,5-8H2,1-4H3/b25-24+. The summed E-state index contributed by atoms with van der Waals surface area (Å²) < 4.78 is 66.3. The number of hydrogen-bond acceptors (Lipinski definition) is 7. The highest BCUT2D eigenvalue weighted by atomic mass is 31.2. The largest absolute Gasteiger partial charge is 0.349 e. The maximum atomic E-state index is 15.4. The molecule has 3 aromatic carbocycles. The van der Waals surface area contributed by atoms with E-state index < -0.39 is 33.4 Å². The summed E-state index contributed by atoms with van der Waals surface area (Å²) in [6, 6.07) is 28.0. The van der Waals surface area contributed by atoms with Crippen molar-refractivity contribution in [3.8, 4) is 0 Å². The minimum absolute atomic E-state index is 0.0640. The molecule has 1 atom stereocenters. The lowest BCUT2D eigenvalue weighted by atomic mass is 10.1. The van der Waals surface area contributed by atoms with Crippen molar-refractivity contribution in [2.45, 2.75) is 38.8 Å². The second-order valence-corrected chi connectivity index (χ2v) is 16.4. The van der Waals surface area contributed by atoms with Gasteiger partial charge in [0.05, 0.1) is 32.1 Å². The van der Waals surface area contributed by atoms with E-state index in [4.69, 9.17) is 18.1 Å². The Morgan fingerprint density at radius 2 is 0.900 bits per heavy atom. The van der Waals surface area contributed by atoms with E-state index in [1.54, 1.807) is 33.8 Å². The van der Waals surface area contributed by atoms with Crippen LogP contribution in [0.25, 0.3) is 0 Å². The van der Waals surface area contributed by atoms with E-state index in [-0.39, 0.29) is 26.4 Å². The van der Waals surface area contributed by atoms with Crippen LogP contribution in [-0.4, -0.2) is 31.8 Å². The second kappa shape index (κ2) is 15.2. The summed E-state index contributed by atoms with van der Waals surface area (Å²) in [6.07, 6.45) is 3.21. The maximum absolute atomic E-state index is 15.4. The van der Waals surface area contributed by atoms with Gasteiger partial charge in [-0.05, 0) is 33.3 Å². The Balaban J connectivity index is 2.32. The first-order valence-corrected chi connectivity index (χ1v) is 18.5. The van der Waals surface area contributed by atoms with Gasteiger partial charge in [0.15, 0.2) is 12.5 Å². The smallest absolute Gasteiger partial charge is 0.313 e. The zero-order valence-electron chi connectivity index (χ0n) is 23.5. The molecule has 0 aliphatic carbocycles. The number of hydrogen-bond donors (Lipinski definition) is 0.